The van der Waals surface area contributed by atoms with Gasteiger partial charge in [-0.15, -0.1) is 12.4 Å². The zero-order valence-corrected chi connectivity index (χ0v) is 8.14. The second-order valence-corrected chi connectivity index (χ2v) is 2.81. The van der Waals surface area contributed by atoms with Gasteiger partial charge in [-0.05, 0) is 12.5 Å². The Kier molecular flexibility index (Phi) is 5.85. The maximum Gasteiger partial charge on any atom is 0.0950 e. The van der Waals surface area contributed by atoms with Crippen molar-refractivity contribution in [2.75, 3.05) is 0 Å². The molecular weight excluding hydrogens is 174 g/mol. The summed E-state index contributed by atoms with van der Waals surface area (Å²) in [7, 11) is 0. The molecule has 1 aromatic rings. The lowest BCUT2D eigenvalue weighted by molar-refractivity contribution is 0.549. The molecular formula is C9H16ClNO. The first-order chi connectivity index (χ1) is 5.34. The first-order valence-electron chi connectivity index (χ1n) is 4.12. The number of nitrogens with two attached hydrogens (primary N) is 1. The van der Waals surface area contributed by atoms with Gasteiger partial charge in [0.05, 0.1) is 12.5 Å². The predicted molar refractivity (Wildman–Crippen MR) is 52.4 cm³/mol. The van der Waals surface area contributed by atoms with Crippen LogP contribution in [0.3, 0.4) is 0 Å². The Morgan fingerprint density at radius 1 is 1.58 bits per heavy atom. The van der Waals surface area contributed by atoms with Crippen LogP contribution in [0.15, 0.2) is 23.0 Å². The van der Waals surface area contributed by atoms with E-state index in [9.17, 15) is 0 Å². The summed E-state index contributed by atoms with van der Waals surface area (Å²) in [5, 5.41) is 0. The van der Waals surface area contributed by atoms with E-state index in [0.717, 1.165) is 12.0 Å². The second-order valence-electron chi connectivity index (χ2n) is 2.81. The molecule has 0 spiro atoms. The van der Waals surface area contributed by atoms with E-state index in [0.29, 0.717) is 0 Å². The fraction of sp³-hybridized carbons (Fsp3) is 0.556. The minimum absolute atomic E-state index is 0. The van der Waals surface area contributed by atoms with E-state index in [1.165, 1.54) is 12.8 Å². The van der Waals surface area contributed by atoms with Crippen LogP contribution in [-0.2, 0) is 0 Å². The van der Waals surface area contributed by atoms with Crippen molar-refractivity contribution in [1.29, 1.82) is 0 Å². The molecule has 0 aliphatic carbocycles. The summed E-state index contributed by atoms with van der Waals surface area (Å²) < 4.78 is 4.94. The minimum atomic E-state index is 0. The van der Waals surface area contributed by atoms with Gasteiger partial charge in [0.15, 0.2) is 0 Å². The van der Waals surface area contributed by atoms with Crippen LogP contribution in [0, 0.1) is 0 Å². The van der Waals surface area contributed by atoms with Crippen molar-refractivity contribution in [3.05, 3.63) is 24.2 Å². The summed E-state index contributed by atoms with van der Waals surface area (Å²) in [5.41, 5.74) is 6.98. The second kappa shape index (κ2) is 6.09. The van der Waals surface area contributed by atoms with Crippen LogP contribution < -0.4 is 5.73 Å². The number of unbranched alkanes of at least 4 members (excludes halogenated alkanes) is 1. The number of hydrogen-bond donors (Lipinski definition) is 1. The molecule has 2 N–H and O–H groups in total. The Morgan fingerprint density at radius 3 is 2.83 bits per heavy atom. The molecule has 0 aromatic carbocycles. The van der Waals surface area contributed by atoms with Gasteiger partial charge in [0.2, 0.25) is 0 Å². The Balaban J connectivity index is 0.00000121. The fourth-order valence-corrected chi connectivity index (χ4v) is 1.08. The predicted octanol–water partition coefficient (Wildman–Crippen LogP) is 2.89. The van der Waals surface area contributed by atoms with Gasteiger partial charge in [-0.25, -0.2) is 0 Å². The van der Waals surface area contributed by atoms with Gasteiger partial charge in [0.25, 0.3) is 0 Å². The Morgan fingerprint density at radius 2 is 2.33 bits per heavy atom. The molecule has 0 unspecified atom stereocenters. The van der Waals surface area contributed by atoms with Crippen molar-refractivity contribution >= 4 is 12.4 Å². The highest BCUT2D eigenvalue weighted by Gasteiger charge is 2.04. The van der Waals surface area contributed by atoms with Crippen molar-refractivity contribution in [2.45, 2.75) is 32.2 Å². The lowest BCUT2D eigenvalue weighted by Crippen LogP contribution is -2.08. The smallest absolute Gasteiger partial charge is 0.0950 e. The Bertz CT molecular complexity index is 186. The Labute approximate surface area is 79.5 Å². The average molecular weight is 190 g/mol. The molecule has 2 nitrogen and oxygen atoms in total. The van der Waals surface area contributed by atoms with Gasteiger partial charge < -0.3 is 10.2 Å². The van der Waals surface area contributed by atoms with Crippen molar-refractivity contribution in [2.24, 2.45) is 5.73 Å². The molecule has 0 aliphatic rings. The van der Waals surface area contributed by atoms with Crippen LogP contribution in [0.4, 0.5) is 0 Å². The van der Waals surface area contributed by atoms with E-state index >= 15 is 0 Å². The first-order valence-corrected chi connectivity index (χ1v) is 4.12. The average Bonchev–Trinajstić information content (AvgIpc) is 2.52. The molecule has 1 atom stereocenters. The summed E-state index contributed by atoms with van der Waals surface area (Å²) in [4.78, 5) is 0. The lowest BCUT2D eigenvalue weighted by atomic mass is 10.1. The van der Waals surface area contributed by atoms with Crippen LogP contribution in [0.1, 0.15) is 37.8 Å². The van der Waals surface area contributed by atoms with Gasteiger partial charge in [-0.2, -0.15) is 0 Å². The standard InChI is InChI=1S/C9H15NO.ClH/c1-2-3-4-9(10)8-5-6-11-7-8;/h5-7,9H,2-4,10H2,1H3;1H/t9-;/m0./s1. The van der Waals surface area contributed by atoms with Crippen LogP contribution >= 0.6 is 12.4 Å². The van der Waals surface area contributed by atoms with Gasteiger partial charge in [-0.3, -0.25) is 0 Å². The third kappa shape index (κ3) is 3.28. The first kappa shape index (κ1) is 11.5. The van der Waals surface area contributed by atoms with Crippen molar-refractivity contribution < 1.29 is 4.42 Å². The van der Waals surface area contributed by atoms with Crippen molar-refractivity contribution in [3.8, 4) is 0 Å². The maximum atomic E-state index is 5.87. The summed E-state index contributed by atoms with van der Waals surface area (Å²) >= 11 is 0. The summed E-state index contributed by atoms with van der Waals surface area (Å²) in [6.45, 7) is 2.17. The molecule has 1 rings (SSSR count). The highest BCUT2D eigenvalue weighted by atomic mass is 35.5. The van der Waals surface area contributed by atoms with Crippen molar-refractivity contribution in [3.63, 3.8) is 0 Å². The summed E-state index contributed by atoms with van der Waals surface area (Å²) in [5.74, 6) is 0. The number of rotatable bonds is 4. The van der Waals surface area contributed by atoms with E-state index in [1.54, 1.807) is 12.5 Å². The molecule has 1 aromatic heterocycles. The molecule has 3 heteroatoms. The molecule has 0 aliphatic heterocycles. The van der Waals surface area contributed by atoms with Crippen LogP contribution in [0.25, 0.3) is 0 Å². The largest absolute Gasteiger partial charge is 0.472 e. The number of hydrogen-bond acceptors (Lipinski definition) is 2. The number of halogens is 1. The quantitative estimate of drug-likeness (QED) is 0.791. The van der Waals surface area contributed by atoms with Gasteiger partial charge >= 0.3 is 0 Å². The molecule has 12 heavy (non-hydrogen) atoms. The van der Waals surface area contributed by atoms with Gasteiger partial charge in [0, 0.05) is 11.6 Å². The molecule has 1 heterocycles. The topological polar surface area (TPSA) is 39.2 Å². The molecule has 0 amide bonds. The third-order valence-corrected chi connectivity index (χ3v) is 1.84. The van der Waals surface area contributed by atoms with E-state index in [4.69, 9.17) is 10.2 Å². The van der Waals surface area contributed by atoms with E-state index < -0.39 is 0 Å². The highest BCUT2D eigenvalue weighted by Crippen LogP contribution is 2.16. The summed E-state index contributed by atoms with van der Waals surface area (Å²) in [6.07, 6.45) is 6.83. The maximum absolute atomic E-state index is 5.87. The zero-order chi connectivity index (χ0) is 8.10. The monoisotopic (exact) mass is 189 g/mol. The minimum Gasteiger partial charge on any atom is -0.472 e. The molecule has 70 valence electrons. The molecule has 0 radical (unpaired) electrons. The SMILES string of the molecule is CCCC[C@H](N)c1ccoc1.Cl. The number of furan rings is 1. The molecule has 0 bridgehead atoms. The van der Waals surface area contributed by atoms with Crippen molar-refractivity contribution in [1.82, 2.24) is 0 Å². The highest BCUT2D eigenvalue weighted by molar-refractivity contribution is 5.85. The molecule has 0 saturated heterocycles. The van der Waals surface area contributed by atoms with Gasteiger partial charge in [0.1, 0.15) is 0 Å². The van der Waals surface area contributed by atoms with Gasteiger partial charge in [-0.1, -0.05) is 19.8 Å². The zero-order valence-electron chi connectivity index (χ0n) is 7.32. The Hall–Kier alpha value is -0.470. The van der Waals surface area contributed by atoms with E-state index in [1.807, 2.05) is 6.07 Å². The third-order valence-electron chi connectivity index (χ3n) is 1.84. The van der Waals surface area contributed by atoms with Crippen LogP contribution in [0.5, 0.6) is 0 Å². The summed E-state index contributed by atoms with van der Waals surface area (Å²) in [6, 6.07) is 2.09. The molecule has 0 saturated carbocycles. The van der Waals surface area contributed by atoms with Crippen LogP contribution in [0.2, 0.25) is 0 Å². The fourth-order valence-electron chi connectivity index (χ4n) is 1.08. The van der Waals surface area contributed by atoms with Crippen LogP contribution in [-0.4, -0.2) is 0 Å². The van der Waals surface area contributed by atoms with E-state index in [2.05, 4.69) is 6.92 Å². The normalized spacial score (nSPS) is 12.2. The van der Waals surface area contributed by atoms with E-state index in [-0.39, 0.29) is 18.4 Å². The lowest BCUT2D eigenvalue weighted by Gasteiger charge is -2.06. The molecule has 0 fully saturated rings.